The Labute approximate surface area is 127 Å². The van der Waals surface area contributed by atoms with Gasteiger partial charge in [0.1, 0.15) is 5.76 Å². The van der Waals surface area contributed by atoms with Gasteiger partial charge >= 0.3 is 12.0 Å². The topological polar surface area (TPSA) is 93.5 Å². The van der Waals surface area contributed by atoms with Crippen LogP contribution in [0.15, 0.2) is 40.9 Å². The molecule has 1 heterocycles. The largest absolute Gasteiger partial charge is 0.469 e. The Morgan fingerprint density at radius 3 is 2.64 bits per heavy atom. The lowest BCUT2D eigenvalue weighted by Gasteiger charge is -2.18. The molecule has 1 atom stereocenters. The molecule has 2 aromatic rings. The first-order valence-corrected chi connectivity index (χ1v) is 6.71. The Morgan fingerprint density at radius 2 is 2.05 bits per heavy atom. The minimum absolute atomic E-state index is 0.0335. The number of methoxy groups -OCH3 is 1. The number of aromatic nitrogens is 1. The number of urea groups is 1. The minimum Gasteiger partial charge on any atom is -0.469 e. The molecule has 2 rings (SSSR count). The summed E-state index contributed by atoms with van der Waals surface area (Å²) in [4.78, 5) is 23.5. The molecule has 1 aromatic carbocycles. The van der Waals surface area contributed by atoms with Crippen molar-refractivity contribution in [1.82, 2.24) is 10.5 Å². The Kier molecular flexibility index (Phi) is 5.13. The van der Waals surface area contributed by atoms with Gasteiger partial charge in [0.2, 0.25) is 0 Å². The number of amides is 2. The van der Waals surface area contributed by atoms with Gasteiger partial charge in [0.05, 0.1) is 19.6 Å². The number of esters is 1. The molecule has 2 amide bonds. The van der Waals surface area contributed by atoms with E-state index in [2.05, 4.69) is 20.5 Å². The number of rotatable bonds is 5. The van der Waals surface area contributed by atoms with Gasteiger partial charge in [0.15, 0.2) is 5.82 Å². The summed E-state index contributed by atoms with van der Waals surface area (Å²) < 4.78 is 9.54. The molecule has 1 aromatic heterocycles. The number of anilines is 1. The summed E-state index contributed by atoms with van der Waals surface area (Å²) in [5, 5.41) is 8.95. The number of hydrogen-bond acceptors (Lipinski definition) is 5. The molecule has 0 aliphatic heterocycles. The van der Waals surface area contributed by atoms with Gasteiger partial charge in [-0.15, -0.1) is 0 Å². The standard InChI is InChI=1S/C15H17N3O4/c1-10-8-13(18-22-10)17-15(20)16-12(9-14(19)21-2)11-6-4-3-5-7-11/h3-8,12H,9H2,1-2H3,(H2,16,17,18,20). The van der Waals surface area contributed by atoms with Gasteiger partial charge in [-0.05, 0) is 12.5 Å². The summed E-state index contributed by atoms with van der Waals surface area (Å²) in [5.41, 5.74) is 0.805. The third-order valence-corrected chi connectivity index (χ3v) is 2.98. The van der Waals surface area contributed by atoms with Crippen molar-refractivity contribution in [1.29, 1.82) is 0 Å². The Morgan fingerprint density at radius 1 is 1.32 bits per heavy atom. The van der Waals surface area contributed by atoms with Gasteiger partial charge in [-0.25, -0.2) is 4.79 Å². The van der Waals surface area contributed by atoms with E-state index in [1.165, 1.54) is 7.11 Å². The van der Waals surface area contributed by atoms with E-state index >= 15 is 0 Å². The molecular weight excluding hydrogens is 286 g/mol. The second-order valence-corrected chi connectivity index (χ2v) is 4.66. The minimum atomic E-state index is -0.498. The van der Waals surface area contributed by atoms with Crippen molar-refractivity contribution in [3.05, 3.63) is 47.7 Å². The Bertz CT molecular complexity index is 639. The summed E-state index contributed by atoms with van der Waals surface area (Å²) in [6.45, 7) is 1.72. The molecule has 2 N–H and O–H groups in total. The van der Waals surface area contributed by atoms with E-state index < -0.39 is 18.0 Å². The second kappa shape index (κ2) is 7.26. The van der Waals surface area contributed by atoms with E-state index in [1.54, 1.807) is 13.0 Å². The lowest BCUT2D eigenvalue weighted by Crippen LogP contribution is -2.34. The first-order chi connectivity index (χ1) is 10.6. The fourth-order valence-corrected chi connectivity index (χ4v) is 1.92. The van der Waals surface area contributed by atoms with Crippen molar-refractivity contribution in [3.8, 4) is 0 Å². The van der Waals surface area contributed by atoms with Gasteiger partial charge in [-0.1, -0.05) is 35.5 Å². The predicted octanol–water partition coefficient (Wildman–Crippen LogP) is 2.41. The maximum atomic E-state index is 12.0. The maximum absolute atomic E-state index is 12.0. The molecule has 0 radical (unpaired) electrons. The normalized spacial score (nSPS) is 11.5. The molecule has 7 heteroatoms. The molecule has 0 saturated carbocycles. The number of ether oxygens (including phenoxy) is 1. The SMILES string of the molecule is COC(=O)CC(NC(=O)Nc1cc(C)on1)c1ccccc1. The zero-order valence-electron chi connectivity index (χ0n) is 12.3. The molecule has 7 nitrogen and oxygen atoms in total. The van der Waals surface area contributed by atoms with Crippen molar-refractivity contribution in [2.24, 2.45) is 0 Å². The van der Waals surface area contributed by atoms with Crippen molar-refractivity contribution < 1.29 is 18.8 Å². The smallest absolute Gasteiger partial charge is 0.320 e. The van der Waals surface area contributed by atoms with Crippen LogP contribution >= 0.6 is 0 Å². The van der Waals surface area contributed by atoms with Gasteiger partial charge < -0.3 is 14.6 Å². The molecule has 0 spiro atoms. The van der Waals surface area contributed by atoms with Crippen LogP contribution in [0.5, 0.6) is 0 Å². The molecule has 22 heavy (non-hydrogen) atoms. The predicted molar refractivity (Wildman–Crippen MR) is 79.2 cm³/mol. The summed E-state index contributed by atoms with van der Waals surface area (Å²) in [6.07, 6.45) is 0.0335. The van der Waals surface area contributed by atoms with Crippen LogP contribution in [0, 0.1) is 6.92 Å². The first-order valence-electron chi connectivity index (χ1n) is 6.71. The molecule has 0 bridgehead atoms. The van der Waals surface area contributed by atoms with E-state index in [1.807, 2.05) is 30.3 Å². The fraction of sp³-hybridized carbons (Fsp3) is 0.267. The Balaban J connectivity index is 2.05. The van der Waals surface area contributed by atoms with Gasteiger partial charge in [0.25, 0.3) is 0 Å². The second-order valence-electron chi connectivity index (χ2n) is 4.66. The van der Waals surface area contributed by atoms with E-state index in [0.29, 0.717) is 11.6 Å². The summed E-state index contributed by atoms with van der Waals surface area (Å²) in [5.74, 6) is 0.482. The summed E-state index contributed by atoms with van der Waals surface area (Å²) in [7, 11) is 1.31. The van der Waals surface area contributed by atoms with Gasteiger partial charge in [-0.2, -0.15) is 0 Å². The highest BCUT2D eigenvalue weighted by atomic mass is 16.5. The van der Waals surface area contributed by atoms with Crippen molar-refractivity contribution in [3.63, 3.8) is 0 Å². The number of carbonyl (C=O) groups excluding carboxylic acids is 2. The first kappa shape index (κ1) is 15.6. The molecule has 0 fully saturated rings. The maximum Gasteiger partial charge on any atom is 0.320 e. The van der Waals surface area contributed by atoms with E-state index in [-0.39, 0.29) is 6.42 Å². The average molecular weight is 303 g/mol. The number of hydrogen-bond donors (Lipinski definition) is 2. The lowest BCUT2D eigenvalue weighted by atomic mass is 10.0. The molecule has 0 aliphatic carbocycles. The highest BCUT2D eigenvalue weighted by molar-refractivity contribution is 5.88. The van der Waals surface area contributed by atoms with Crippen LogP contribution in [-0.2, 0) is 9.53 Å². The lowest BCUT2D eigenvalue weighted by molar-refractivity contribution is -0.141. The fourth-order valence-electron chi connectivity index (χ4n) is 1.92. The number of benzene rings is 1. The molecular formula is C15H17N3O4. The number of aryl methyl sites for hydroxylation is 1. The molecule has 116 valence electrons. The van der Waals surface area contributed by atoms with Crippen molar-refractivity contribution in [2.75, 3.05) is 12.4 Å². The zero-order chi connectivity index (χ0) is 15.9. The van der Waals surface area contributed by atoms with Crippen molar-refractivity contribution in [2.45, 2.75) is 19.4 Å². The van der Waals surface area contributed by atoms with Crippen LogP contribution in [0.25, 0.3) is 0 Å². The van der Waals surface area contributed by atoms with Gasteiger partial charge in [-0.3, -0.25) is 10.1 Å². The summed E-state index contributed by atoms with van der Waals surface area (Å²) >= 11 is 0. The van der Waals surface area contributed by atoms with Crippen molar-refractivity contribution >= 4 is 17.8 Å². The molecule has 0 aliphatic rings. The van der Waals surface area contributed by atoms with Crippen LogP contribution in [0.4, 0.5) is 10.6 Å². The molecule has 0 saturated heterocycles. The third kappa shape index (κ3) is 4.34. The van der Waals surface area contributed by atoms with E-state index in [4.69, 9.17) is 4.52 Å². The Hall–Kier alpha value is -2.83. The van der Waals surface area contributed by atoms with E-state index in [9.17, 15) is 9.59 Å². The van der Waals surface area contributed by atoms with Crippen LogP contribution in [0.3, 0.4) is 0 Å². The monoisotopic (exact) mass is 303 g/mol. The molecule has 1 unspecified atom stereocenters. The van der Waals surface area contributed by atoms with E-state index in [0.717, 1.165) is 5.56 Å². The van der Waals surface area contributed by atoms with Crippen LogP contribution in [0.1, 0.15) is 23.8 Å². The summed E-state index contributed by atoms with van der Waals surface area (Å²) in [6, 6.07) is 9.80. The zero-order valence-corrected chi connectivity index (χ0v) is 12.3. The average Bonchev–Trinajstić information content (AvgIpc) is 2.92. The highest BCUT2D eigenvalue weighted by Crippen LogP contribution is 2.17. The van der Waals surface area contributed by atoms with Crippen LogP contribution < -0.4 is 10.6 Å². The van der Waals surface area contributed by atoms with Crippen LogP contribution in [0.2, 0.25) is 0 Å². The quantitative estimate of drug-likeness (QED) is 0.827. The number of nitrogens with one attached hydrogen (secondary N) is 2. The van der Waals surface area contributed by atoms with Gasteiger partial charge in [0, 0.05) is 6.07 Å². The highest BCUT2D eigenvalue weighted by Gasteiger charge is 2.19. The van der Waals surface area contributed by atoms with Crippen LogP contribution in [-0.4, -0.2) is 24.3 Å². The third-order valence-electron chi connectivity index (χ3n) is 2.98. The number of carbonyl (C=O) groups is 2. The number of nitrogens with zero attached hydrogens (tertiary/aromatic N) is 1.